The van der Waals surface area contributed by atoms with Crippen LogP contribution < -0.4 is 0 Å². The van der Waals surface area contributed by atoms with E-state index in [1.54, 1.807) is 27.7 Å². The summed E-state index contributed by atoms with van der Waals surface area (Å²) in [5, 5.41) is 10.1. The summed E-state index contributed by atoms with van der Waals surface area (Å²) in [6.07, 6.45) is -2.68. The first-order chi connectivity index (χ1) is 10.5. The molecule has 0 radical (unpaired) electrons. The third kappa shape index (κ3) is 4.87. The summed E-state index contributed by atoms with van der Waals surface area (Å²) in [5.74, 6) is -2.15. The highest BCUT2D eigenvalue weighted by Gasteiger charge is 2.50. The number of aliphatic hydroxyl groups is 1. The van der Waals surface area contributed by atoms with Crippen molar-refractivity contribution in [2.75, 3.05) is 6.61 Å². The molecule has 0 unspecified atom stereocenters. The maximum Gasteiger partial charge on any atom is 0.335 e. The van der Waals surface area contributed by atoms with Gasteiger partial charge in [-0.1, -0.05) is 0 Å². The smallest absolute Gasteiger partial charge is 0.335 e. The van der Waals surface area contributed by atoms with Crippen LogP contribution >= 0.6 is 0 Å². The molecular weight excluding hydrogens is 304 g/mol. The number of aliphatic hydroxyl groups excluding tert-OH is 1. The van der Waals surface area contributed by atoms with E-state index in [1.165, 1.54) is 0 Å². The predicted molar refractivity (Wildman–Crippen MR) is 80.6 cm³/mol. The number of hydrogen-bond acceptors (Lipinski definition) is 7. The molecule has 0 saturated carbocycles. The van der Waals surface area contributed by atoms with Crippen LogP contribution in [0.15, 0.2) is 0 Å². The van der Waals surface area contributed by atoms with Crippen LogP contribution in [0.1, 0.15) is 48.0 Å². The molecule has 2 aliphatic heterocycles. The fraction of sp³-hybridized carbons (Fsp3) is 0.938. The second-order valence-corrected chi connectivity index (χ2v) is 7.24. The molecule has 0 bridgehead atoms. The number of hydrogen-bond donors (Lipinski definition) is 1. The van der Waals surface area contributed by atoms with E-state index >= 15 is 0 Å². The minimum atomic E-state index is -1.27. The van der Waals surface area contributed by atoms with Crippen LogP contribution in [0.5, 0.6) is 0 Å². The van der Waals surface area contributed by atoms with Gasteiger partial charge in [0.2, 0.25) is 0 Å². The number of carbonyl (C=O) groups excluding carboxylic acids is 1. The van der Waals surface area contributed by atoms with Gasteiger partial charge in [0.15, 0.2) is 17.7 Å². The minimum absolute atomic E-state index is 0.0833. The lowest BCUT2D eigenvalue weighted by Crippen LogP contribution is -2.41. The zero-order chi connectivity index (χ0) is 17.4. The molecule has 0 amide bonds. The Labute approximate surface area is 137 Å². The highest BCUT2D eigenvalue weighted by atomic mass is 16.8. The Morgan fingerprint density at radius 3 is 2.35 bits per heavy atom. The largest absolute Gasteiger partial charge is 0.461 e. The SMILES string of the molecule is CC(C)OC(=O)[C@@H](O)C[C@H]1OC(C)(C)O[C@@H]1[C@H]1COC(C)(C)O1. The van der Waals surface area contributed by atoms with Crippen molar-refractivity contribution in [3.8, 4) is 0 Å². The van der Waals surface area contributed by atoms with Gasteiger partial charge in [-0.05, 0) is 41.5 Å². The van der Waals surface area contributed by atoms with Crippen molar-refractivity contribution < 1.29 is 33.6 Å². The van der Waals surface area contributed by atoms with Crippen molar-refractivity contribution in [1.82, 2.24) is 0 Å². The highest BCUT2D eigenvalue weighted by Crippen LogP contribution is 2.37. The van der Waals surface area contributed by atoms with E-state index in [2.05, 4.69) is 0 Å². The average molecular weight is 332 g/mol. The quantitative estimate of drug-likeness (QED) is 0.761. The first kappa shape index (κ1) is 18.6. The molecule has 23 heavy (non-hydrogen) atoms. The zero-order valence-corrected chi connectivity index (χ0v) is 14.7. The molecule has 1 N–H and O–H groups in total. The van der Waals surface area contributed by atoms with Crippen LogP contribution in [0.2, 0.25) is 0 Å². The fourth-order valence-electron chi connectivity index (χ4n) is 2.86. The minimum Gasteiger partial charge on any atom is -0.461 e. The van der Waals surface area contributed by atoms with Crippen LogP contribution in [0, 0.1) is 0 Å². The molecule has 0 aromatic rings. The Bertz CT molecular complexity index is 432. The van der Waals surface area contributed by atoms with Gasteiger partial charge in [-0.25, -0.2) is 4.79 Å². The molecule has 2 saturated heterocycles. The Morgan fingerprint density at radius 2 is 1.83 bits per heavy atom. The lowest BCUT2D eigenvalue weighted by Gasteiger charge is -2.24. The molecular formula is C16H28O7. The molecule has 0 spiro atoms. The molecule has 0 aliphatic carbocycles. The van der Waals surface area contributed by atoms with Gasteiger partial charge in [0.25, 0.3) is 0 Å². The maximum atomic E-state index is 11.8. The van der Waals surface area contributed by atoms with Crippen LogP contribution in [0.25, 0.3) is 0 Å². The molecule has 134 valence electrons. The summed E-state index contributed by atoms with van der Waals surface area (Å²) in [6, 6.07) is 0. The average Bonchev–Trinajstić information content (AvgIpc) is 2.88. The standard InChI is InChI=1S/C16H28O7/c1-9(2)20-14(18)10(17)7-11-13(23-16(5,6)21-11)12-8-19-15(3,4)22-12/h9-13,17H,7-8H2,1-6H3/t10-,11+,12+,13-/m0/s1. The number of rotatable bonds is 5. The normalized spacial score (nSPS) is 33.8. The molecule has 4 atom stereocenters. The first-order valence-electron chi connectivity index (χ1n) is 8.05. The van der Waals surface area contributed by atoms with Crippen LogP contribution in [-0.4, -0.2) is 59.8 Å². The van der Waals surface area contributed by atoms with Crippen molar-refractivity contribution in [2.45, 2.75) is 90.1 Å². The van der Waals surface area contributed by atoms with Gasteiger partial charge in [0.05, 0.1) is 18.8 Å². The van der Waals surface area contributed by atoms with E-state index in [0.717, 1.165) is 0 Å². The lowest BCUT2D eigenvalue weighted by molar-refractivity contribution is -0.175. The topological polar surface area (TPSA) is 83.5 Å². The molecule has 2 fully saturated rings. The summed E-state index contributed by atoms with van der Waals surface area (Å²) < 4.78 is 28.2. The monoisotopic (exact) mass is 332 g/mol. The summed E-state index contributed by atoms with van der Waals surface area (Å²) in [4.78, 5) is 11.8. The third-order valence-corrected chi connectivity index (χ3v) is 3.70. The third-order valence-electron chi connectivity index (χ3n) is 3.70. The molecule has 2 heterocycles. The Hall–Kier alpha value is -0.730. The van der Waals surface area contributed by atoms with Gasteiger partial charge in [0.1, 0.15) is 12.2 Å². The maximum absolute atomic E-state index is 11.8. The molecule has 2 aliphatic rings. The Morgan fingerprint density at radius 1 is 1.17 bits per heavy atom. The zero-order valence-electron chi connectivity index (χ0n) is 14.7. The van der Waals surface area contributed by atoms with Crippen molar-refractivity contribution in [2.24, 2.45) is 0 Å². The number of esters is 1. The molecule has 7 nitrogen and oxygen atoms in total. The molecule has 7 heteroatoms. The van der Waals surface area contributed by atoms with Crippen LogP contribution in [0.4, 0.5) is 0 Å². The van der Waals surface area contributed by atoms with E-state index in [1.807, 2.05) is 13.8 Å². The van der Waals surface area contributed by atoms with E-state index in [0.29, 0.717) is 6.61 Å². The van der Waals surface area contributed by atoms with E-state index in [9.17, 15) is 9.90 Å². The summed E-state index contributed by atoms with van der Waals surface area (Å²) in [6.45, 7) is 11.1. The predicted octanol–water partition coefficient (Wildman–Crippen LogP) is 1.36. The van der Waals surface area contributed by atoms with E-state index in [4.69, 9.17) is 23.7 Å². The fourth-order valence-corrected chi connectivity index (χ4v) is 2.86. The number of ether oxygens (including phenoxy) is 5. The molecule has 0 aromatic heterocycles. The second kappa shape index (κ2) is 6.64. The Balaban J connectivity index is 2.01. The van der Waals surface area contributed by atoms with Crippen LogP contribution in [0.3, 0.4) is 0 Å². The number of carbonyl (C=O) groups is 1. The first-order valence-corrected chi connectivity index (χ1v) is 8.05. The van der Waals surface area contributed by atoms with E-state index < -0.39 is 35.9 Å². The lowest BCUT2D eigenvalue weighted by atomic mass is 10.0. The van der Waals surface area contributed by atoms with Crippen LogP contribution in [-0.2, 0) is 28.5 Å². The Kier molecular flexibility index (Phi) is 5.37. The van der Waals surface area contributed by atoms with Gasteiger partial charge >= 0.3 is 5.97 Å². The van der Waals surface area contributed by atoms with Gasteiger partial charge in [-0.3, -0.25) is 0 Å². The van der Waals surface area contributed by atoms with Gasteiger partial charge in [-0.2, -0.15) is 0 Å². The summed E-state index contributed by atoms with van der Waals surface area (Å²) in [5.41, 5.74) is 0. The van der Waals surface area contributed by atoms with Crippen molar-refractivity contribution in [3.05, 3.63) is 0 Å². The van der Waals surface area contributed by atoms with E-state index in [-0.39, 0.29) is 18.6 Å². The van der Waals surface area contributed by atoms with Crippen molar-refractivity contribution in [1.29, 1.82) is 0 Å². The summed E-state index contributed by atoms with van der Waals surface area (Å²) in [7, 11) is 0. The molecule has 0 aromatic carbocycles. The van der Waals surface area contributed by atoms with Crippen molar-refractivity contribution >= 4 is 5.97 Å². The highest BCUT2D eigenvalue weighted by molar-refractivity contribution is 5.74. The van der Waals surface area contributed by atoms with Crippen molar-refractivity contribution in [3.63, 3.8) is 0 Å². The molecule has 2 rings (SSSR count). The second-order valence-electron chi connectivity index (χ2n) is 7.24. The van der Waals surface area contributed by atoms with Gasteiger partial charge in [0, 0.05) is 6.42 Å². The van der Waals surface area contributed by atoms with Gasteiger partial charge in [-0.15, -0.1) is 0 Å². The van der Waals surface area contributed by atoms with Gasteiger partial charge < -0.3 is 28.8 Å². The summed E-state index contributed by atoms with van der Waals surface area (Å²) >= 11 is 0.